The molecule has 0 unspecified atom stereocenters. The van der Waals surface area contributed by atoms with Crippen LogP contribution >= 0.6 is 0 Å². The Bertz CT molecular complexity index is 1280. The van der Waals surface area contributed by atoms with Crippen molar-refractivity contribution in [1.29, 1.82) is 5.26 Å². The zero-order valence-corrected chi connectivity index (χ0v) is 19.0. The van der Waals surface area contributed by atoms with Crippen molar-refractivity contribution in [2.45, 2.75) is 33.7 Å². The number of rotatable bonds is 5. The SMILES string of the molecule is COc1cc2c(cc1OC)-c1c/c(=N\c3c(C)cc(C)cc3C)nc(OCC#N)n1CC2. The van der Waals surface area contributed by atoms with Crippen molar-refractivity contribution in [1.82, 2.24) is 9.55 Å². The predicted molar refractivity (Wildman–Crippen MR) is 121 cm³/mol. The molecule has 0 spiro atoms. The molecule has 4 rings (SSSR count). The number of methoxy groups -OCH3 is 2. The third-order valence-corrected chi connectivity index (χ3v) is 5.62. The molecular formula is C25H26N4O3. The first-order chi connectivity index (χ1) is 15.4. The van der Waals surface area contributed by atoms with E-state index in [0.717, 1.165) is 40.1 Å². The van der Waals surface area contributed by atoms with Crippen LogP contribution in [0.25, 0.3) is 11.3 Å². The molecule has 1 aliphatic heterocycles. The summed E-state index contributed by atoms with van der Waals surface area (Å²) in [7, 11) is 3.26. The number of fused-ring (bicyclic) bond motifs is 3. The minimum atomic E-state index is -0.0860. The average molecular weight is 431 g/mol. The van der Waals surface area contributed by atoms with Gasteiger partial charge in [-0.15, -0.1) is 0 Å². The second kappa shape index (κ2) is 8.75. The van der Waals surface area contributed by atoms with E-state index in [1.54, 1.807) is 14.2 Å². The quantitative estimate of drug-likeness (QED) is 0.606. The highest BCUT2D eigenvalue weighted by molar-refractivity contribution is 5.70. The van der Waals surface area contributed by atoms with Gasteiger partial charge in [-0.2, -0.15) is 10.2 Å². The summed E-state index contributed by atoms with van der Waals surface area (Å²) in [6, 6.07) is 12.6. The van der Waals surface area contributed by atoms with Crippen LogP contribution in [0.4, 0.5) is 5.69 Å². The third kappa shape index (κ3) is 3.92. The maximum absolute atomic E-state index is 9.05. The lowest BCUT2D eigenvalue weighted by atomic mass is 9.97. The molecule has 0 bridgehead atoms. The van der Waals surface area contributed by atoms with E-state index < -0.39 is 0 Å². The Kier molecular flexibility index (Phi) is 5.87. The number of hydrogen-bond acceptors (Lipinski definition) is 6. The maximum Gasteiger partial charge on any atom is 0.299 e. The number of aryl methyl sites for hydroxylation is 4. The first-order valence-corrected chi connectivity index (χ1v) is 10.4. The second-order valence-corrected chi connectivity index (χ2v) is 7.85. The summed E-state index contributed by atoms with van der Waals surface area (Å²) < 4.78 is 18.7. The third-order valence-electron chi connectivity index (χ3n) is 5.62. The fraction of sp³-hybridized carbons (Fsp3) is 0.320. The molecule has 0 saturated heterocycles. The molecule has 1 aliphatic rings. The lowest BCUT2D eigenvalue weighted by Gasteiger charge is -2.25. The summed E-state index contributed by atoms with van der Waals surface area (Å²) in [6.07, 6.45) is 0.782. The van der Waals surface area contributed by atoms with Gasteiger partial charge in [0.05, 0.1) is 25.6 Å². The van der Waals surface area contributed by atoms with Crippen molar-refractivity contribution in [3.8, 4) is 34.8 Å². The zero-order valence-electron chi connectivity index (χ0n) is 19.0. The van der Waals surface area contributed by atoms with Gasteiger partial charge in [0.25, 0.3) is 6.01 Å². The lowest BCUT2D eigenvalue weighted by Crippen LogP contribution is -2.22. The van der Waals surface area contributed by atoms with Crippen LogP contribution in [-0.4, -0.2) is 30.4 Å². The van der Waals surface area contributed by atoms with Gasteiger partial charge in [-0.25, -0.2) is 4.99 Å². The largest absolute Gasteiger partial charge is 0.493 e. The molecule has 2 aromatic carbocycles. The van der Waals surface area contributed by atoms with Gasteiger partial charge >= 0.3 is 0 Å². The fourth-order valence-corrected chi connectivity index (χ4v) is 4.26. The smallest absolute Gasteiger partial charge is 0.299 e. The zero-order chi connectivity index (χ0) is 22.8. The van der Waals surface area contributed by atoms with E-state index >= 15 is 0 Å². The average Bonchev–Trinajstić information content (AvgIpc) is 2.78. The minimum Gasteiger partial charge on any atom is -0.493 e. The van der Waals surface area contributed by atoms with Crippen molar-refractivity contribution < 1.29 is 14.2 Å². The molecule has 0 radical (unpaired) electrons. The van der Waals surface area contributed by atoms with Gasteiger partial charge in [0, 0.05) is 18.2 Å². The molecule has 32 heavy (non-hydrogen) atoms. The van der Waals surface area contributed by atoms with E-state index in [-0.39, 0.29) is 6.61 Å². The molecule has 0 aliphatic carbocycles. The summed E-state index contributed by atoms with van der Waals surface area (Å²) in [5.74, 6) is 1.35. The van der Waals surface area contributed by atoms with Crippen LogP contribution in [-0.2, 0) is 13.0 Å². The van der Waals surface area contributed by atoms with Gasteiger partial charge < -0.3 is 14.2 Å². The number of hydrogen-bond donors (Lipinski definition) is 0. The molecule has 0 saturated carbocycles. The monoisotopic (exact) mass is 430 g/mol. The van der Waals surface area contributed by atoms with Gasteiger partial charge in [0.1, 0.15) is 6.07 Å². The summed E-state index contributed by atoms with van der Waals surface area (Å²) in [5.41, 5.74) is 7.85. The van der Waals surface area contributed by atoms with E-state index in [2.05, 4.69) is 24.0 Å². The predicted octanol–water partition coefficient (Wildman–Crippen LogP) is 4.18. The fourth-order valence-electron chi connectivity index (χ4n) is 4.26. The van der Waals surface area contributed by atoms with Crippen LogP contribution in [0.5, 0.6) is 17.5 Å². The minimum absolute atomic E-state index is 0.0860. The molecule has 0 N–H and O–H groups in total. The Labute approximate surface area is 187 Å². The Hall–Kier alpha value is -3.79. The van der Waals surface area contributed by atoms with Gasteiger partial charge in [0.15, 0.2) is 23.6 Å². The number of nitriles is 1. The summed E-state index contributed by atoms with van der Waals surface area (Å²) in [6.45, 7) is 6.76. The number of benzene rings is 2. The molecule has 2 heterocycles. The van der Waals surface area contributed by atoms with Crippen molar-refractivity contribution in [2.24, 2.45) is 4.99 Å². The molecule has 7 heteroatoms. The van der Waals surface area contributed by atoms with Gasteiger partial charge in [-0.1, -0.05) is 17.7 Å². The van der Waals surface area contributed by atoms with E-state index in [0.29, 0.717) is 29.5 Å². The van der Waals surface area contributed by atoms with Crippen LogP contribution in [0.2, 0.25) is 0 Å². The Balaban J connectivity index is 1.96. The lowest BCUT2D eigenvalue weighted by molar-refractivity contribution is 0.311. The highest BCUT2D eigenvalue weighted by Crippen LogP contribution is 2.39. The Morgan fingerprint density at radius 1 is 1.03 bits per heavy atom. The second-order valence-electron chi connectivity index (χ2n) is 7.85. The molecule has 3 aromatic rings. The maximum atomic E-state index is 9.05. The molecule has 0 atom stereocenters. The summed E-state index contributed by atoms with van der Waals surface area (Å²) in [4.78, 5) is 9.50. The van der Waals surface area contributed by atoms with Crippen molar-refractivity contribution in [3.63, 3.8) is 0 Å². The number of nitrogens with zero attached hydrogens (tertiary/aromatic N) is 4. The summed E-state index contributed by atoms with van der Waals surface area (Å²) in [5, 5.41) is 9.05. The van der Waals surface area contributed by atoms with Gasteiger partial charge in [0.2, 0.25) is 0 Å². The molecule has 164 valence electrons. The Morgan fingerprint density at radius 3 is 2.38 bits per heavy atom. The van der Waals surface area contributed by atoms with Crippen molar-refractivity contribution in [2.75, 3.05) is 20.8 Å². The van der Waals surface area contributed by atoms with E-state index in [1.165, 1.54) is 5.56 Å². The van der Waals surface area contributed by atoms with Crippen LogP contribution in [0, 0.1) is 32.1 Å². The molecule has 0 fully saturated rings. The molecule has 7 nitrogen and oxygen atoms in total. The Morgan fingerprint density at radius 2 is 1.72 bits per heavy atom. The molecule has 0 amide bonds. The van der Waals surface area contributed by atoms with Gasteiger partial charge in [-0.3, -0.25) is 4.57 Å². The molecular weight excluding hydrogens is 404 g/mol. The topological polar surface area (TPSA) is 81.7 Å². The highest BCUT2D eigenvalue weighted by Gasteiger charge is 2.22. The van der Waals surface area contributed by atoms with Crippen molar-refractivity contribution >= 4 is 5.69 Å². The molecule has 1 aromatic heterocycles. The van der Waals surface area contributed by atoms with Crippen LogP contribution in [0.15, 0.2) is 35.3 Å². The van der Waals surface area contributed by atoms with Gasteiger partial charge in [-0.05, 0) is 56.0 Å². The first kappa shape index (κ1) is 21.4. The first-order valence-electron chi connectivity index (χ1n) is 10.4. The summed E-state index contributed by atoms with van der Waals surface area (Å²) >= 11 is 0. The van der Waals surface area contributed by atoms with Crippen LogP contribution in [0.3, 0.4) is 0 Å². The number of ether oxygens (including phenoxy) is 3. The van der Waals surface area contributed by atoms with Crippen molar-refractivity contribution in [3.05, 3.63) is 58.1 Å². The van der Waals surface area contributed by atoms with Crippen LogP contribution < -0.4 is 19.7 Å². The number of aromatic nitrogens is 2. The van der Waals surface area contributed by atoms with E-state index in [1.807, 2.05) is 42.7 Å². The van der Waals surface area contributed by atoms with E-state index in [4.69, 9.17) is 24.5 Å². The van der Waals surface area contributed by atoms with E-state index in [9.17, 15) is 0 Å². The normalized spacial score (nSPS) is 12.6. The standard InChI is InChI=1S/C25H26N4O3/c1-15-10-16(2)24(17(3)11-15)27-23-14-20-19-13-22(31-5)21(30-4)12-18(19)6-8-29(20)25(28-23)32-9-7-26/h10-14H,6,8-9H2,1-5H3/b27-23+. The van der Waals surface area contributed by atoms with Crippen LogP contribution in [0.1, 0.15) is 22.3 Å². The highest BCUT2D eigenvalue weighted by atomic mass is 16.5.